The van der Waals surface area contributed by atoms with Crippen LogP contribution >= 0.6 is 0 Å². The summed E-state index contributed by atoms with van der Waals surface area (Å²) in [7, 11) is 0. The Balaban J connectivity index is 1.81. The van der Waals surface area contributed by atoms with Gasteiger partial charge in [0.15, 0.2) is 6.61 Å². The molecule has 124 valence electrons. The van der Waals surface area contributed by atoms with E-state index in [-0.39, 0.29) is 12.5 Å². The van der Waals surface area contributed by atoms with Gasteiger partial charge in [-0.1, -0.05) is 54.1 Å². The molecular weight excluding hydrogens is 300 g/mol. The Labute approximate surface area is 142 Å². The first-order valence-corrected chi connectivity index (χ1v) is 7.80. The van der Waals surface area contributed by atoms with Crippen LogP contribution in [0, 0.1) is 13.8 Å². The quantitative estimate of drug-likeness (QED) is 0.648. The van der Waals surface area contributed by atoms with Gasteiger partial charge < -0.3 is 4.74 Å². The van der Waals surface area contributed by atoms with Crippen molar-refractivity contribution in [2.75, 3.05) is 6.61 Å². The fraction of sp³-hybridized carbons (Fsp3) is 0.200. The van der Waals surface area contributed by atoms with Gasteiger partial charge in [0, 0.05) is 0 Å². The lowest BCUT2D eigenvalue weighted by Crippen LogP contribution is -2.24. The fourth-order valence-corrected chi connectivity index (χ4v) is 2.19. The van der Waals surface area contributed by atoms with Crippen molar-refractivity contribution < 1.29 is 9.53 Å². The molecule has 2 rings (SSSR count). The highest BCUT2D eigenvalue weighted by atomic mass is 16.5. The van der Waals surface area contributed by atoms with Crippen LogP contribution in [-0.4, -0.2) is 18.7 Å². The third-order valence-corrected chi connectivity index (χ3v) is 3.34. The van der Waals surface area contributed by atoms with E-state index in [1.807, 2.05) is 75.4 Å². The topological polar surface area (TPSA) is 50.7 Å². The molecule has 0 aliphatic heterocycles. The molecule has 0 fully saturated rings. The van der Waals surface area contributed by atoms with Crippen molar-refractivity contribution >= 4 is 18.2 Å². The van der Waals surface area contributed by atoms with Crippen LogP contribution in [0.2, 0.25) is 0 Å². The third kappa shape index (κ3) is 5.72. The van der Waals surface area contributed by atoms with Crippen LogP contribution < -0.4 is 10.2 Å². The maximum Gasteiger partial charge on any atom is 0.277 e. The molecule has 0 aliphatic carbocycles. The van der Waals surface area contributed by atoms with Gasteiger partial charge in [-0.05, 0) is 43.5 Å². The van der Waals surface area contributed by atoms with Crippen molar-refractivity contribution in [3.63, 3.8) is 0 Å². The number of hydrazone groups is 1. The molecule has 0 atom stereocenters. The normalized spacial score (nSPS) is 11.5. The van der Waals surface area contributed by atoms with Crippen LogP contribution in [0.25, 0.3) is 6.08 Å². The summed E-state index contributed by atoms with van der Waals surface area (Å²) in [6.45, 7) is 5.83. The molecule has 0 unspecified atom stereocenters. The van der Waals surface area contributed by atoms with E-state index in [1.54, 1.807) is 6.21 Å². The standard InChI is InChI=1S/C20H22N2O2/c1-15-9-10-19(17(3)11-15)24-14-20(23)22-21-13-16(2)12-18-7-5-4-6-8-18/h4-13H,14H2,1-3H3,(H,22,23). The molecular formula is C20H22N2O2. The third-order valence-electron chi connectivity index (χ3n) is 3.34. The second kappa shape index (κ2) is 8.67. The molecule has 0 saturated carbocycles. The molecule has 4 nitrogen and oxygen atoms in total. The van der Waals surface area contributed by atoms with Crippen LogP contribution in [0.1, 0.15) is 23.6 Å². The summed E-state index contributed by atoms with van der Waals surface area (Å²) in [4.78, 5) is 11.8. The molecule has 0 heterocycles. The van der Waals surface area contributed by atoms with Crippen LogP contribution in [0.5, 0.6) is 5.75 Å². The van der Waals surface area contributed by atoms with E-state index in [0.29, 0.717) is 5.75 Å². The number of hydrogen-bond acceptors (Lipinski definition) is 3. The summed E-state index contributed by atoms with van der Waals surface area (Å²) < 4.78 is 5.51. The zero-order valence-corrected chi connectivity index (χ0v) is 14.2. The zero-order chi connectivity index (χ0) is 17.4. The van der Waals surface area contributed by atoms with E-state index in [2.05, 4.69) is 10.5 Å². The highest BCUT2D eigenvalue weighted by molar-refractivity contribution is 5.86. The van der Waals surface area contributed by atoms with Crippen molar-refractivity contribution in [2.24, 2.45) is 5.10 Å². The highest BCUT2D eigenvalue weighted by Gasteiger charge is 2.04. The largest absolute Gasteiger partial charge is 0.483 e. The summed E-state index contributed by atoms with van der Waals surface area (Å²) in [5.74, 6) is 0.415. The van der Waals surface area contributed by atoms with Gasteiger partial charge in [-0.25, -0.2) is 5.43 Å². The van der Waals surface area contributed by atoms with Crippen LogP contribution in [0.15, 0.2) is 59.2 Å². The van der Waals surface area contributed by atoms with Gasteiger partial charge in [0.05, 0.1) is 6.21 Å². The summed E-state index contributed by atoms with van der Waals surface area (Å²) in [5.41, 5.74) is 6.66. The minimum absolute atomic E-state index is 0.0668. The van der Waals surface area contributed by atoms with E-state index in [4.69, 9.17) is 4.74 Å². The first-order chi connectivity index (χ1) is 11.5. The minimum Gasteiger partial charge on any atom is -0.483 e. The van der Waals surface area contributed by atoms with Gasteiger partial charge in [0.1, 0.15) is 5.75 Å². The second-order valence-electron chi connectivity index (χ2n) is 5.65. The van der Waals surface area contributed by atoms with Gasteiger partial charge in [0.2, 0.25) is 0 Å². The van der Waals surface area contributed by atoms with Gasteiger partial charge in [-0.3, -0.25) is 4.79 Å². The Bertz CT molecular complexity index is 749. The highest BCUT2D eigenvalue weighted by Crippen LogP contribution is 2.18. The lowest BCUT2D eigenvalue weighted by atomic mass is 10.1. The zero-order valence-electron chi connectivity index (χ0n) is 14.2. The number of allylic oxidation sites excluding steroid dienone is 1. The van der Waals surface area contributed by atoms with Crippen LogP contribution in [0.4, 0.5) is 0 Å². The van der Waals surface area contributed by atoms with Gasteiger partial charge in [-0.2, -0.15) is 5.10 Å². The molecule has 2 aromatic rings. The number of carbonyl (C=O) groups excluding carboxylic acids is 1. The van der Waals surface area contributed by atoms with Crippen LogP contribution in [0.3, 0.4) is 0 Å². The fourth-order valence-electron chi connectivity index (χ4n) is 2.19. The first kappa shape index (κ1) is 17.5. The first-order valence-electron chi connectivity index (χ1n) is 7.80. The summed E-state index contributed by atoms with van der Waals surface area (Å²) >= 11 is 0. The summed E-state index contributed by atoms with van der Waals surface area (Å²) in [6.07, 6.45) is 3.60. The Morgan fingerprint density at radius 3 is 2.62 bits per heavy atom. The van der Waals surface area contributed by atoms with E-state index in [1.165, 1.54) is 0 Å². The molecule has 1 amide bonds. The summed E-state index contributed by atoms with van der Waals surface area (Å²) in [6, 6.07) is 15.8. The molecule has 4 heteroatoms. The molecule has 0 aliphatic rings. The number of nitrogens with one attached hydrogen (secondary N) is 1. The molecule has 0 aromatic heterocycles. The van der Waals surface area contributed by atoms with Gasteiger partial charge in [-0.15, -0.1) is 0 Å². The molecule has 0 radical (unpaired) electrons. The van der Waals surface area contributed by atoms with E-state index in [9.17, 15) is 4.79 Å². The lowest BCUT2D eigenvalue weighted by Gasteiger charge is -2.08. The van der Waals surface area contributed by atoms with Gasteiger partial charge in [0.25, 0.3) is 5.91 Å². The second-order valence-corrected chi connectivity index (χ2v) is 5.65. The number of hydrogen-bond donors (Lipinski definition) is 1. The SMILES string of the molecule is CC(C=NNC(=O)COc1ccc(C)cc1C)=Cc1ccccc1. The maximum atomic E-state index is 11.8. The predicted octanol–water partition coefficient (Wildman–Crippen LogP) is 3.89. The van der Waals surface area contributed by atoms with Crippen molar-refractivity contribution in [2.45, 2.75) is 20.8 Å². The number of benzene rings is 2. The number of aryl methyl sites for hydroxylation is 2. The Kier molecular flexibility index (Phi) is 6.32. The molecule has 0 spiro atoms. The molecule has 2 aromatic carbocycles. The van der Waals surface area contributed by atoms with Crippen molar-refractivity contribution in [3.8, 4) is 5.75 Å². The summed E-state index contributed by atoms with van der Waals surface area (Å²) in [5, 5.41) is 3.94. The lowest BCUT2D eigenvalue weighted by molar-refractivity contribution is -0.123. The smallest absolute Gasteiger partial charge is 0.277 e. The molecule has 0 saturated heterocycles. The Hall–Kier alpha value is -2.88. The number of nitrogens with zero attached hydrogens (tertiary/aromatic N) is 1. The van der Waals surface area contributed by atoms with Crippen molar-refractivity contribution in [1.29, 1.82) is 0 Å². The molecule has 0 bridgehead atoms. The number of rotatable bonds is 6. The van der Waals surface area contributed by atoms with Crippen LogP contribution in [-0.2, 0) is 4.79 Å². The Morgan fingerprint density at radius 1 is 1.17 bits per heavy atom. The predicted molar refractivity (Wildman–Crippen MR) is 98.1 cm³/mol. The molecule has 1 N–H and O–H groups in total. The van der Waals surface area contributed by atoms with Crippen molar-refractivity contribution in [1.82, 2.24) is 5.43 Å². The Morgan fingerprint density at radius 2 is 1.92 bits per heavy atom. The van der Waals surface area contributed by atoms with E-state index >= 15 is 0 Å². The molecule has 24 heavy (non-hydrogen) atoms. The number of amides is 1. The minimum atomic E-state index is -0.293. The van der Waals surface area contributed by atoms with E-state index < -0.39 is 0 Å². The average molecular weight is 322 g/mol. The van der Waals surface area contributed by atoms with E-state index in [0.717, 1.165) is 22.3 Å². The van der Waals surface area contributed by atoms with Crippen molar-refractivity contribution in [3.05, 3.63) is 70.8 Å². The average Bonchev–Trinajstić information content (AvgIpc) is 2.55. The maximum absolute atomic E-state index is 11.8. The number of ether oxygens (including phenoxy) is 1. The van der Waals surface area contributed by atoms with Gasteiger partial charge >= 0.3 is 0 Å². The monoisotopic (exact) mass is 322 g/mol. The number of carbonyl (C=O) groups is 1.